The maximum atomic E-state index is 4.86. The molecule has 0 unspecified atom stereocenters. The van der Waals surface area contributed by atoms with Crippen molar-refractivity contribution in [3.8, 4) is 0 Å². The van der Waals surface area contributed by atoms with Gasteiger partial charge in [0, 0.05) is 25.3 Å². The highest BCUT2D eigenvalue weighted by Crippen LogP contribution is 2.25. The summed E-state index contributed by atoms with van der Waals surface area (Å²) in [6.45, 7) is 6.30. The van der Waals surface area contributed by atoms with Crippen LogP contribution in [-0.4, -0.2) is 24.6 Å². The molecule has 2 rings (SSSR count). The van der Waals surface area contributed by atoms with Crippen LogP contribution < -0.4 is 10.2 Å². The third kappa shape index (κ3) is 4.70. The third-order valence-electron chi connectivity index (χ3n) is 4.60. The van der Waals surface area contributed by atoms with E-state index in [9.17, 15) is 0 Å². The Balaban J connectivity index is 2.15. The van der Waals surface area contributed by atoms with Crippen LogP contribution in [0.1, 0.15) is 63.6 Å². The Kier molecular flexibility index (Phi) is 6.50. The lowest BCUT2D eigenvalue weighted by molar-refractivity contribution is 0.548. The van der Waals surface area contributed by atoms with Crippen molar-refractivity contribution in [2.45, 2.75) is 71.4 Å². The largest absolute Gasteiger partial charge is 0.357 e. The molecule has 1 fully saturated rings. The Labute approximate surface area is 130 Å². The Morgan fingerprint density at radius 1 is 1.14 bits per heavy atom. The normalized spacial score (nSPS) is 16.7. The number of nitrogens with zero attached hydrogens (tertiary/aromatic N) is 2. The lowest BCUT2D eigenvalue weighted by Crippen LogP contribution is -2.32. The second-order valence-corrected chi connectivity index (χ2v) is 6.22. The molecule has 1 saturated carbocycles. The summed E-state index contributed by atoms with van der Waals surface area (Å²) in [7, 11) is 2.23. The number of aryl methyl sites for hydroxylation is 1. The summed E-state index contributed by atoms with van der Waals surface area (Å²) >= 11 is 0. The minimum atomic E-state index is 0.666. The van der Waals surface area contributed by atoms with Crippen LogP contribution >= 0.6 is 0 Å². The van der Waals surface area contributed by atoms with E-state index in [4.69, 9.17) is 4.98 Å². The van der Waals surface area contributed by atoms with Gasteiger partial charge in [-0.2, -0.15) is 0 Å². The van der Waals surface area contributed by atoms with Crippen molar-refractivity contribution in [2.24, 2.45) is 0 Å². The monoisotopic (exact) mass is 289 g/mol. The third-order valence-corrected chi connectivity index (χ3v) is 4.60. The van der Waals surface area contributed by atoms with Gasteiger partial charge in [-0.15, -0.1) is 0 Å². The maximum Gasteiger partial charge on any atom is 0.129 e. The second-order valence-electron chi connectivity index (χ2n) is 6.22. The van der Waals surface area contributed by atoms with Crippen molar-refractivity contribution in [1.29, 1.82) is 0 Å². The maximum absolute atomic E-state index is 4.86. The lowest BCUT2D eigenvalue weighted by Gasteiger charge is -2.29. The number of aromatic nitrogens is 1. The van der Waals surface area contributed by atoms with Gasteiger partial charge in [0.15, 0.2) is 0 Å². The molecule has 1 heterocycles. The van der Waals surface area contributed by atoms with E-state index in [1.165, 1.54) is 49.8 Å². The van der Waals surface area contributed by atoms with Gasteiger partial charge < -0.3 is 10.2 Å². The van der Waals surface area contributed by atoms with E-state index in [0.717, 1.165) is 25.3 Å². The molecule has 1 aliphatic rings. The fraction of sp³-hybridized carbons (Fsp3) is 0.722. The highest BCUT2D eigenvalue weighted by atomic mass is 15.2. The van der Waals surface area contributed by atoms with E-state index < -0.39 is 0 Å². The molecule has 3 heteroatoms. The summed E-state index contributed by atoms with van der Waals surface area (Å²) in [6, 6.07) is 5.18. The Morgan fingerprint density at radius 2 is 1.86 bits per heavy atom. The summed E-state index contributed by atoms with van der Waals surface area (Å²) in [6.07, 6.45) is 9.18. The molecule has 0 aliphatic heterocycles. The predicted molar refractivity (Wildman–Crippen MR) is 90.9 cm³/mol. The van der Waals surface area contributed by atoms with Gasteiger partial charge in [-0.1, -0.05) is 39.5 Å². The van der Waals surface area contributed by atoms with Gasteiger partial charge in [-0.25, -0.2) is 4.98 Å². The van der Waals surface area contributed by atoms with Gasteiger partial charge in [0.2, 0.25) is 0 Å². The van der Waals surface area contributed by atoms with Crippen LogP contribution in [0, 0.1) is 0 Å². The summed E-state index contributed by atoms with van der Waals surface area (Å²) in [5.41, 5.74) is 2.57. The summed E-state index contributed by atoms with van der Waals surface area (Å²) in [5, 5.41) is 3.43. The molecule has 0 saturated heterocycles. The Hall–Kier alpha value is -1.09. The number of nitrogens with one attached hydrogen (secondary N) is 1. The molecule has 21 heavy (non-hydrogen) atoms. The average Bonchev–Trinajstić information content (AvgIpc) is 2.81. The van der Waals surface area contributed by atoms with Gasteiger partial charge in [0.05, 0.1) is 0 Å². The molecule has 118 valence electrons. The zero-order chi connectivity index (χ0) is 15.1. The summed E-state index contributed by atoms with van der Waals surface area (Å²) < 4.78 is 0. The van der Waals surface area contributed by atoms with E-state index in [-0.39, 0.29) is 0 Å². The van der Waals surface area contributed by atoms with Gasteiger partial charge in [0.1, 0.15) is 5.82 Å². The van der Waals surface area contributed by atoms with Gasteiger partial charge in [-0.05, 0) is 43.5 Å². The van der Waals surface area contributed by atoms with Crippen LogP contribution in [-0.2, 0) is 13.0 Å². The average molecular weight is 289 g/mol. The fourth-order valence-electron chi connectivity index (χ4n) is 3.20. The first-order valence-electron chi connectivity index (χ1n) is 8.68. The first-order chi connectivity index (χ1) is 10.2. The van der Waals surface area contributed by atoms with Crippen molar-refractivity contribution in [3.05, 3.63) is 23.4 Å². The molecule has 1 aliphatic carbocycles. The molecule has 1 aromatic rings. The molecule has 0 bridgehead atoms. The molecular formula is C18H31N3. The van der Waals surface area contributed by atoms with E-state index in [1.807, 2.05) is 0 Å². The first-order valence-corrected chi connectivity index (χ1v) is 8.68. The van der Waals surface area contributed by atoms with Gasteiger partial charge in [-0.3, -0.25) is 0 Å². The van der Waals surface area contributed by atoms with Gasteiger partial charge >= 0.3 is 0 Å². The quantitative estimate of drug-likeness (QED) is 0.805. The van der Waals surface area contributed by atoms with E-state index in [1.54, 1.807) is 0 Å². The van der Waals surface area contributed by atoms with Crippen LogP contribution in [0.25, 0.3) is 0 Å². The number of hydrogen-bond acceptors (Lipinski definition) is 3. The topological polar surface area (TPSA) is 28.2 Å². The van der Waals surface area contributed by atoms with Crippen molar-refractivity contribution >= 4 is 5.82 Å². The minimum absolute atomic E-state index is 0.666. The zero-order valence-corrected chi connectivity index (χ0v) is 14.0. The van der Waals surface area contributed by atoms with Crippen LogP contribution in [0.4, 0.5) is 5.82 Å². The SMILES string of the molecule is CCNCc1cc(CC)nc(N(C)C2CCCCCC2)c1. The molecular weight excluding hydrogens is 258 g/mol. The Bertz CT molecular complexity index is 422. The van der Waals surface area contributed by atoms with E-state index in [2.05, 4.69) is 43.2 Å². The smallest absolute Gasteiger partial charge is 0.129 e. The first kappa shape index (κ1) is 16.3. The molecule has 0 amide bonds. The molecule has 3 nitrogen and oxygen atoms in total. The Morgan fingerprint density at radius 3 is 2.48 bits per heavy atom. The van der Waals surface area contributed by atoms with Crippen LogP contribution in [0.2, 0.25) is 0 Å². The minimum Gasteiger partial charge on any atom is -0.357 e. The number of anilines is 1. The van der Waals surface area contributed by atoms with Crippen molar-refractivity contribution in [3.63, 3.8) is 0 Å². The molecule has 0 atom stereocenters. The highest BCUT2D eigenvalue weighted by Gasteiger charge is 2.18. The number of hydrogen-bond donors (Lipinski definition) is 1. The molecule has 1 N–H and O–H groups in total. The van der Waals surface area contributed by atoms with E-state index in [0.29, 0.717) is 6.04 Å². The van der Waals surface area contributed by atoms with Gasteiger partial charge in [0.25, 0.3) is 0 Å². The van der Waals surface area contributed by atoms with Crippen LogP contribution in [0.5, 0.6) is 0 Å². The summed E-state index contributed by atoms with van der Waals surface area (Å²) in [4.78, 5) is 7.29. The number of pyridine rings is 1. The van der Waals surface area contributed by atoms with Crippen molar-refractivity contribution in [2.75, 3.05) is 18.5 Å². The van der Waals surface area contributed by atoms with Crippen LogP contribution in [0.3, 0.4) is 0 Å². The molecule has 0 radical (unpaired) electrons. The van der Waals surface area contributed by atoms with Crippen molar-refractivity contribution in [1.82, 2.24) is 10.3 Å². The second kappa shape index (κ2) is 8.38. The predicted octanol–water partition coefficient (Wildman–Crippen LogP) is 3.91. The molecule has 0 spiro atoms. The standard InChI is InChI=1S/C18H31N3/c1-4-16-12-15(14-19-5-2)13-18(20-16)21(3)17-10-8-6-7-9-11-17/h12-13,17,19H,4-11,14H2,1-3H3. The van der Waals surface area contributed by atoms with E-state index >= 15 is 0 Å². The lowest BCUT2D eigenvalue weighted by atomic mass is 10.1. The summed E-state index contributed by atoms with van der Waals surface area (Å²) in [5.74, 6) is 1.16. The zero-order valence-electron chi connectivity index (χ0n) is 14.0. The highest BCUT2D eigenvalue weighted by molar-refractivity contribution is 5.43. The molecule has 1 aromatic heterocycles. The fourth-order valence-corrected chi connectivity index (χ4v) is 3.20. The van der Waals surface area contributed by atoms with Crippen LogP contribution in [0.15, 0.2) is 12.1 Å². The number of rotatable bonds is 6. The molecule has 0 aromatic carbocycles. The van der Waals surface area contributed by atoms with Crippen molar-refractivity contribution < 1.29 is 0 Å².